The molecule has 0 saturated carbocycles. The molecule has 0 bridgehead atoms. The predicted molar refractivity (Wildman–Crippen MR) is 147 cm³/mol. The van der Waals surface area contributed by atoms with Crippen molar-refractivity contribution in [1.29, 1.82) is 0 Å². The van der Waals surface area contributed by atoms with Crippen LogP contribution in [0.15, 0.2) is 35.4 Å². The van der Waals surface area contributed by atoms with Crippen LogP contribution in [0.1, 0.15) is 63.7 Å². The van der Waals surface area contributed by atoms with E-state index in [0.717, 1.165) is 31.6 Å². The highest BCUT2D eigenvalue weighted by atomic mass is 79.9. The van der Waals surface area contributed by atoms with E-state index in [1.165, 1.54) is 34.7 Å². The number of halogens is 3. The highest BCUT2D eigenvalue weighted by Crippen LogP contribution is 2.12. The van der Waals surface area contributed by atoms with Gasteiger partial charge < -0.3 is 34.3 Å². The number of aromatic nitrogens is 3. The van der Waals surface area contributed by atoms with E-state index in [0.29, 0.717) is 18.8 Å². The average molecular weight is 697 g/mol. The topological polar surface area (TPSA) is 58.0 Å². The Hall–Kier alpha value is -1.20. The zero-order chi connectivity index (χ0) is 24.5. The minimum atomic E-state index is 0. The van der Waals surface area contributed by atoms with Crippen LogP contribution in [-0.2, 0) is 17.9 Å². The van der Waals surface area contributed by atoms with Gasteiger partial charge in [0, 0.05) is 33.1 Å². The molecular formula is C26H37Br2ClN4O2S2. The molecule has 0 unspecified atom stereocenters. The molecule has 3 aromatic heterocycles. The van der Waals surface area contributed by atoms with Gasteiger partial charge in [-0.05, 0) is 38.8 Å². The van der Waals surface area contributed by atoms with E-state index in [4.69, 9.17) is 0 Å². The van der Waals surface area contributed by atoms with Crippen molar-refractivity contribution in [3.8, 4) is 0 Å². The number of thiazole rings is 2. The molecule has 11 heteroatoms. The van der Waals surface area contributed by atoms with Crippen molar-refractivity contribution < 1.29 is 48.1 Å². The average Bonchev–Trinajstić information content (AvgIpc) is 3.30. The van der Waals surface area contributed by atoms with E-state index in [2.05, 4.69) is 40.7 Å². The summed E-state index contributed by atoms with van der Waals surface area (Å²) in [4.78, 5) is 32.9. The van der Waals surface area contributed by atoms with Gasteiger partial charge in [0.1, 0.15) is 5.69 Å². The molecule has 0 N–H and O–H groups in total. The molecule has 4 heterocycles. The van der Waals surface area contributed by atoms with Crippen molar-refractivity contribution in [3.63, 3.8) is 0 Å². The van der Waals surface area contributed by atoms with Crippen LogP contribution in [0, 0.1) is 27.7 Å². The Bertz CT molecular complexity index is 1100. The van der Waals surface area contributed by atoms with Gasteiger partial charge >= 0.3 is 0 Å². The van der Waals surface area contributed by atoms with Crippen LogP contribution in [0.3, 0.4) is 0 Å². The number of carbonyl (C=O) groups is 2. The monoisotopic (exact) mass is 694 g/mol. The lowest BCUT2D eigenvalue weighted by atomic mass is 10.1. The maximum atomic E-state index is 12.3. The Morgan fingerprint density at radius 3 is 1.84 bits per heavy atom. The molecule has 1 aliphatic rings. The van der Waals surface area contributed by atoms with Gasteiger partial charge in [-0.15, -0.1) is 17.0 Å². The van der Waals surface area contributed by atoms with Crippen LogP contribution in [0.2, 0.25) is 0 Å². The van der Waals surface area contributed by atoms with Crippen molar-refractivity contribution in [1.82, 2.24) is 9.88 Å². The van der Waals surface area contributed by atoms with Crippen molar-refractivity contribution in [2.24, 2.45) is 0 Å². The Kier molecular flexibility index (Phi) is 17.6. The summed E-state index contributed by atoms with van der Waals surface area (Å²) in [6, 6.07) is 5.39. The van der Waals surface area contributed by atoms with Crippen molar-refractivity contribution in [3.05, 3.63) is 62.3 Å². The Morgan fingerprint density at radius 1 is 0.865 bits per heavy atom. The normalized spacial score (nSPS) is 12.9. The molecule has 1 aliphatic heterocycles. The summed E-state index contributed by atoms with van der Waals surface area (Å²) in [7, 11) is 0. The van der Waals surface area contributed by atoms with Gasteiger partial charge in [-0.25, -0.2) is 0 Å². The summed E-state index contributed by atoms with van der Waals surface area (Å²) >= 11 is 3.38. The molecule has 37 heavy (non-hydrogen) atoms. The van der Waals surface area contributed by atoms with Crippen LogP contribution < -0.4 is 38.5 Å². The van der Waals surface area contributed by atoms with Gasteiger partial charge in [0.25, 0.3) is 5.91 Å². The smallest absolute Gasteiger partial charge is 0.288 e. The van der Waals surface area contributed by atoms with Gasteiger partial charge in [0.15, 0.2) is 11.4 Å². The van der Waals surface area contributed by atoms with Crippen LogP contribution >= 0.6 is 39.7 Å². The second-order valence-electron chi connectivity index (χ2n) is 8.77. The maximum Gasteiger partial charge on any atom is 0.288 e. The van der Waals surface area contributed by atoms with Gasteiger partial charge in [0.05, 0.1) is 9.75 Å². The molecule has 0 aliphatic carbocycles. The maximum absolute atomic E-state index is 12.3. The van der Waals surface area contributed by atoms with E-state index < -0.39 is 0 Å². The first-order valence-electron chi connectivity index (χ1n) is 12.0. The first-order valence-corrected chi connectivity index (χ1v) is 13.7. The lowest BCUT2D eigenvalue weighted by Crippen LogP contribution is -3.00. The van der Waals surface area contributed by atoms with Gasteiger partial charge in [-0.3, -0.25) is 14.6 Å². The molecule has 0 spiro atoms. The number of Topliss-reactive ketones (excluding diaryl/α,β-unsaturated/α-hetero) is 1. The zero-order valence-corrected chi connectivity index (χ0v) is 27.6. The zero-order valence-electron chi connectivity index (χ0n) is 21.9. The van der Waals surface area contributed by atoms with E-state index in [1.807, 2.05) is 29.1 Å². The third kappa shape index (κ3) is 10.8. The first kappa shape index (κ1) is 35.8. The van der Waals surface area contributed by atoms with Gasteiger partial charge in [0.2, 0.25) is 29.9 Å². The molecule has 4 rings (SSSR count). The van der Waals surface area contributed by atoms with E-state index in [-0.39, 0.29) is 58.1 Å². The number of aryl methyl sites for hydroxylation is 2. The number of carbonyl (C=O) groups excluding carboxylic acids is 2. The SMILES string of the molecule is Br.Cc1sc[n+](CC(=O)N2CCCCCCC2)c1C.Cc1sc[n+](CC(=O)c2ccccn2)c1C.[Br-].[Cl-]. The highest BCUT2D eigenvalue weighted by molar-refractivity contribution is 8.93. The summed E-state index contributed by atoms with van der Waals surface area (Å²) in [5.74, 6) is 0.328. The standard InChI is InChI=1S/C14H23N2OS.C12H13N2OS.2BrH.ClH/c1-12-13(2)18-11-16(12)10-14(17)15-8-6-4-3-5-7-9-15;1-9-10(2)16-8-14(9)7-12(15)11-5-3-4-6-13-11;;;/h11H,3-10H2,1-2H3;3-6,8H,7H2,1-2H3;3*1H/q2*+1;;;/p-2. The van der Waals surface area contributed by atoms with Crippen LogP contribution in [0.5, 0.6) is 0 Å². The predicted octanol–water partition coefficient (Wildman–Crippen LogP) is -1.04. The Balaban J connectivity index is 0.000000651. The minimum Gasteiger partial charge on any atom is -1.00 e. The summed E-state index contributed by atoms with van der Waals surface area (Å²) in [6.07, 6.45) is 7.85. The number of hydrogen-bond acceptors (Lipinski definition) is 5. The summed E-state index contributed by atoms with van der Waals surface area (Å²) in [5, 5.41) is 0. The summed E-state index contributed by atoms with van der Waals surface area (Å²) in [6.45, 7) is 11.1. The van der Waals surface area contributed by atoms with Gasteiger partial charge in [-0.1, -0.05) is 48.0 Å². The highest BCUT2D eigenvalue weighted by Gasteiger charge is 2.21. The first-order chi connectivity index (χ1) is 16.4. The molecular weight excluding hydrogens is 660 g/mol. The Labute approximate surface area is 256 Å². The van der Waals surface area contributed by atoms with Crippen molar-refractivity contribution in [2.75, 3.05) is 13.1 Å². The molecule has 206 valence electrons. The van der Waals surface area contributed by atoms with E-state index in [1.54, 1.807) is 34.9 Å². The molecule has 1 amide bonds. The minimum absolute atomic E-state index is 0. The molecule has 1 fully saturated rings. The summed E-state index contributed by atoms with van der Waals surface area (Å²) < 4.78 is 4.05. The molecule has 0 radical (unpaired) electrons. The molecule has 0 atom stereocenters. The number of amides is 1. The summed E-state index contributed by atoms with van der Waals surface area (Å²) in [5.41, 5.74) is 6.94. The third-order valence-corrected chi connectivity index (χ3v) is 8.39. The number of hydrogen-bond donors (Lipinski definition) is 0. The number of rotatable bonds is 5. The molecule has 6 nitrogen and oxygen atoms in total. The van der Waals surface area contributed by atoms with Crippen LogP contribution in [-0.4, -0.2) is 34.7 Å². The fourth-order valence-corrected chi connectivity index (χ4v) is 5.45. The number of pyridine rings is 1. The van der Waals surface area contributed by atoms with Gasteiger partial charge in [-0.2, -0.15) is 9.13 Å². The van der Waals surface area contributed by atoms with E-state index >= 15 is 0 Å². The van der Waals surface area contributed by atoms with E-state index in [9.17, 15) is 9.59 Å². The lowest BCUT2D eigenvalue weighted by Gasteiger charge is -2.23. The Morgan fingerprint density at radius 2 is 1.38 bits per heavy atom. The second-order valence-corrected chi connectivity index (χ2v) is 10.9. The van der Waals surface area contributed by atoms with Crippen molar-refractivity contribution >= 4 is 51.3 Å². The fraction of sp³-hybridized carbons (Fsp3) is 0.500. The number of ketones is 1. The largest absolute Gasteiger partial charge is 1.00 e. The fourth-order valence-electron chi connectivity index (χ4n) is 3.84. The molecule has 0 aromatic carbocycles. The number of nitrogens with zero attached hydrogens (tertiary/aromatic N) is 4. The molecule has 1 saturated heterocycles. The van der Waals surface area contributed by atoms with Crippen LogP contribution in [0.4, 0.5) is 0 Å². The van der Waals surface area contributed by atoms with Crippen LogP contribution in [0.25, 0.3) is 0 Å². The third-order valence-electron chi connectivity index (χ3n) is 6.37. The molecule has 3 aromatic rings. The second kappa shape index (κ2) is 18.2. The number of likely N-dealkylation sites (tertiary alicyclic amines) is 1. The lowest BCUT2D eigenvalue weighted by molar-refractivity contribution is -0.686. The quantitative estimate of drug-likeness (QED) is 0.253. The van der Waals surface area contributed by atoms with Crippen molar-refractivity contribution in [2.45, 2.75) is 72.9 Å².